The second-order valence-electron chi connectivity index (χ2n) is 7.26. The van der Waals surface area contributed by atoms with Crippen molar-refractivity contribution in [3.05, 3.63) is 88.2 Å². The Morgan fingerprint density at radius 1 is 1.10 bits per heavy atom. The number of nitrogens with one attached hydrogen (secondary N) is 2. The van der Waals surface area contributed by atoms with Crippen LogP contribution >= 0.6 is 24.0 Å². The molecule has 1 amide bonds. The molecule has 8 heteroatoms. The smallest absolute Gasteiger partial charge is 0.257 e. The summed E-state index contributed by atoms with van der Waals surface area (Å²) < 4.78 is 1.68. The first kappa shape index (κ1) is 22.4. The van der Waals surface area contributed by atoms with E-state index in [-0.39, 0.29) is 32.7 Å². The standard InChI is InChI=1S/C23H22N6O.HI.2H2/c1-13-11-20-14(2)27-28-29(20)15(3)21(13)23(30)26-17-9-10-19(24)18(12-17)22(25)16-7-5-4-6-8-16;;;/h4-12,25H,24H2,1-3H3,(H,26,30);3*1H. The fraction of sp³-hybridized carbons (Fsp3) is 0.130. The van der Waals surface area contributed by atoms with Gasteiger partial charge in [-0.25, -0.2) is 4.52 Å². The van der Waals surface area contributed by atoms with Gasteiger partial charge in [-0.3, -0.25) is 10.2 Å². The van der Waals surface area contributed by atoms with Crippen LogP contribution in [0, 0.1) is 26.2 Å². The molecule has 0 fully saturated rings. The molecule has 0 aliphatic rings. The van der Waals surface area contributed by atoms with Gasteiger partial charge in [0.1, 0.15) is 0 Å². The first-order valence-corrected chi connectivity index (χ1v) is 9.54. The van der Waals surface area contributed by atoms with Crippen molar-refractivity contribution in [1.29, 1.82) is 5.41 Å². The van der Waals surface area contributed by atoms with Gasteiger partial charge in [0.25, 0.3) is 5.91 Å². The first-order valence-electron chi connectivity index (χ1n) is 9.54. The summed E-state index contributed by atoms with van der Waals surface area (Å²) in [5.41, 5.74) is 12.6. The quantitative estimate of drug-likeness (QED) is 0.196. The van der Waals surface area contributed by atoms with E-state index in [1.165, 1.54) is 0 Å². The number of rotatable bonds is 4. The fourth-order valence-corrected chi connectivity index (χ4v) is 3.59. The minimum Gasteiger partial charge on any atom is -0.398 e. The minimum atomic E-state index is -0.248. The number of amides is 1. The number of hydrogen-bond donors (Lipinski definition) is 3. The summed E-state index contributed by atoms with van der Waals surface area (Å²) in [5.74, 6) is -0.248. The number of fused-ring (bicyclic) bond motifs is 1. The number of nitrogens with zero attached hydrogens (tertiary/aromatic N) is 3. The maximum absolute atomic E-state index is 13.1. The van der Waals surface area contributed by atoms with E-state index in [4.69, 9.17) is 11.1 Å². The molecule has 0 atom stereocenters. The van der Waals surface area contributed by atoms with E-state index >= 15 is 0 Å². The number of pyridine rings is 1. The van der Waals surface area contributed by atoms with Crippen molar-refractivity contribution in [2.24, 2.45) is 0 Å². The highest BCUT2D eigenvalue weighted by Gasteiger charge is 2.18. The Morgan fingerprint density at radius 2 is 1.81 bits per heavy atom. The Morgan fingerprint density at radius 3 is 2.52 bits per heavy atom. The summed E-state index contributed by atoms with van der Waals surface area (Å²) in [5, 5.41) is 19.7. The Kier molecular flexibility index (Phi) is 6.40. The van der Waals surface area contributed by atoms with Gasteiger partial charge in [0.2, 0.25) is 0 Å². The predicted octanol–water partition coefficient (Wildman–Crippen LogP) is 5.02. The molecule has 0 saturated carbocycles. The number of carbonyl (C=O) groups excluding carboxylic acids is 1. The molecule has 7 nitrogen and oxygen atoms in total. The number of carbonyl (C=O) groups is 1. The molecule has 4 aromatic rings. The van der Waals surface area contributed by atoms with Gasteiger partial charge in [0.05, 0.1) is 28.2 Å². The number of anilines is 2. The number of aromatic nitrogens is 3. The van der Waals surface area contributed by atoms with Crippen LogP contribution in [0.25, 0.3) is 5.52 Å². The zero-order chi connectivity index (χ0) is 21.4. The number of halogens is 1. The highest BCUT2D eigenvalue weighted by Crippen LogP contribution is 2.24. The molecule has 162 valence electrons. The molecule has 0 unspecified atom stereocenters. The van der Waals surface area contributed by atoms with Crippen LogP contribution in [0.3, 0.4) is 0 Å². The molecule has 31 heavy (non-hydrogen) atoms. The number of hydrogen-bond acceptors (Lipinski definition) is 5. The number of nitrogens with two attached hydrogens (primary N) is 1. The highest BCUT2D eigenvalue weighted by atomic mass is 127. The number of nitrogen functional groups attached to an aromatic ring is 1. The average Bonchev–Trinajstić information content (AvgIpc) is 3.10. The number of aryl methyl sites for hydroxylation is 3. The van der Waals surface area contributed by atoms with Gasteiger partial charge in [0.15, 0.2) is 0 Å². The van der Waals surface area contributed by atoms with Gasteiger partial charge < -0.3 is 11.1 Å². The normalized spacial score (nSPS) is 10.5. The third-order valence-electron chi connectivity index (χ3n) is 5.18. The maximum atomic E-state index is 13.1. The summed E-state index contributed by atoms with van der Waals surface area (Å²) in [4.78, 5) is 13.1. The lowest BCUT2D eigenvalue weighted by molar-refractivity contribution is 0.102. The van der Waals surface area contributed by atoms with Crippen molar-refractivity contribution in [3.63, 3.8) is 0 Å². The van der Waals surface area contributed by atoms with E-state index in [1.807, 2.05) is 57.2 Å². The van der Waals surface area contributed by atoms with E-state index in [0.29, 0.717) is 28.2 Å². The van der Waals surface area contributed by atoms with Gasteiger partial charge in [-0.15, -0.1) is 29.1 Å². The van der Waals surface area contributed by atoms with Crippen LogP contribution < -0.4 is 11.1 Å². The Hall–Kier alpha value is -3.27. The van der Waals surface area contributed by atoms with Crippen LogP contribution in [0.1, 0.15) is 41.3 Å². The lowest BCUT2D eigenvalue weighted by Crippen LogP contribution is -2.18. The Bertz CT molecular complexity index is 1310. The molecule has 4 rings (SSSR count). The van der Waals surface area contributed by atoms with Crippen LogP contribution in [0.4, 0.5) is 11.4 Å². The molecule has 0 saturated heterocycles. The minimum absolute atomic E-state index is 0. The van der Waals surface area contributed by atoms with Crippen LogP contribution in [0.5, 0.6) is 0 Å². The highest BCUT2D eigenvalue weighted by molar-refractivity contribution is 14.0. The largest absolute Gasteiger partial charge is 0.398 e. The summed E-state index contributed by atoms with van der Waals surface area (Å²) >= 11 is 0. The molecule has 0 radical (unpaired) electrons. The van der Waals surface area contributed by atoms with Gasteiger partial charge in [-0.2, -0.15) is 0 Å². The summed E-state index contributed by atoms with van der Waals surface area (Å²) in [6, 6.07) is 16.4. The third-order valence-corrected chi connectivity index (χ3v) is 5.18. The van der Waals surface area contributed by atoms with Crippen LogP contribution in [-0.4, -0.2) is 26.4 Å². The molecular formula is C23H27IN6O. The predicted molar refractivity (Wildman–Crippen MR) is 138 cm³/mol. The van der Waals surface area contributed by atoms with E-state index in [1.54, 1.807) is 22.7 Å². The fourth-order valence-electron chi connectivity index (χ4n) is 3.59. The van der Waals surface area contributed by atoms with Crippen molar-refractivity contribution >= 4 is 52.5 Å². The Labute approximate surface area is 200 Å². The van der Waals surface area contributed by atoms with Gasteiger partial charge in [0, 0.05) is 25.4 Å². The second kappa shape index (κ2) is 8.84. The zero-order valence-electron chi connectivity index (χ0n) is 17.4. The van der Waals surface area contributed by atoms with Crippen molar-refractivity contribution in [1.82, 2.24) is 14.8 Å². The third kappa shape index (κ3) is 4.15. The monoisotopic (exact) mass is 530 g/mol. The molecule has 0 aliphatic carbocycles. The van der Waals surface area contributed by atoms with E-state index in [2.05, 4.69) is 15.6 Å². The van der Waals surface area contributed by atoms with Gasteiger partial charge in [-0.1, -0.05) is 35.5 Å². The molecule has 2 aromatic carbocycles. The number of benzene rings is 2. The van der Waals surface area contributed by atoms with Crippen LogP contribution in [-0.2, 0) is 0 Å². The lowest BCUT2D eigenvalue weighted by atomic mass is 10.00. The maximum Gasteiger partial charge on any atom is 0.257 e. The van der Waals surface area contributed by atoms with Crippen LogP contribution in [0.2, 0.25) is 0 Å². The zero-order valence-corrected chi connectivity index (χ0v) is 19.8. The summed E-state index contributed by atoms with van der Waals surface area (Å²) in [6.07, 6.45) is 0. The molecule has 0 aliphatic heterocycles. The summed E-state index contributed by atoms with van der Waals surface area (Å²) in [7, 11) is 0. The van der Waals surface area contributed by atoms with E-state index < -0.39 is 0 Å². The summed E-state index contributed by atoms with van der Waals surface area (Å²) in [6.45, 7) is 5.63. The second-order valence-corrected chi connectivity index (χ2v) is 7.26. The topological polar surface area (TPSA) is 109 Å². The van der Waals surface area contributed by atoms with Crippen molar-refractivity contribution in [2.45, 2.75) is 20.8 Å². The van der Waals surface area contributed by atoms with Crippen LogP contribution in [0.15, 0.2) is 54.6 Å². The Balaban J connectivity index is 0.00000181. The molecular weight excluding hydrogens is 503 g/mol. The van der Waals surface area contributed by atoms with Gasteiger partial charge >= 0.3 is 0 Å². The van der Waals surface area contributed by atoms with E-state index in [9.17, 15) is 4.79 Å². The van der Waals surface area contributed by atoms with Crippen molar-refractivity contribution in [2.75, 3.05) is 11.1 Å². The molecule has 0 bridgehead atoms. The van der Waals surface area contributed by atoms with Crippen molar-refractivity contribution < 1.29 is 7.65 Å². The lowest BCUT2D eigenvalue weighted by Gasteiger charge is -2.14. The molecule has 4 N–H and O–H groups in total. The van der Waals surface area contributed by atoms with Crippen molar-refractivity contribution in [3.8, 4) is 0 Å². The SMILES string of the molecule is Cc1cc2c(C)nnn2c(C)c1C(=O)Nc1ccc(N)c(C(=N)c2ccccc2)c1.I.[HH].[HH]. The first-order chi connectivity index (χ1) is 14.4. The molecule has 2 heterocycles. The molecule has 0 spiro atoms. The van der Waals surface area contributed by atoms with Gasteiger partial charge in [-0.05, 0) is 50.6 Å². The van der Waals surface area contributed by atoms with E-state index in [0.717, 1.165) is 28.0 Å². The molecule has 2 aromatic heterocycles. The average molecular weight is 530 g/mol.